The number of phenols is 1. The van der Waals surface area contributed by atoms with Gasteiger partial charge in [0.15, 0.2) is 0 Å². The van der Waals surface area contributed by atoms with E-state index in [4.69, 9.17) is 5.11 Å². The molecule has 0 bridgehead atoms. The van der Waals surface area contributed by atoms with E-state index in [1.165, 1.54) is 18.2 Å². The second-order valence-corrected chi connectivity index (χ2v) is 5.73. The molecule has 0 aliphatic heterocycles. The molecule has 0 heterocycles. The van der Waals surface area contributed by atoms with E-state index in [2.05, 4.69) is 4.72 Å². The van der Waals surface area contributed by atoms with Crippen molar-refractivity contribution in [2.45, 2.75) is 30.3 Å². The lowest BCUT2D eigenvalue weighted by atomic mass is 10.2. The maximum atomic E-state index is 11.9. The Labute approximate surface area is 109 Å². The molecular weight excluding hydrogens is 283 g/mol. The number of alkyl halides is 3. The number of benzene rings is 1. The van der Waals surface area contributed by atoms with Crippen LogP contribution in [-0.2, 0) is 10.0 Å². The third-order valence-corrected chi connectivity index (χ3v) is 3.77. The SMILES string of the molecule is O=S(=O)(NCCCCC(F)(F)F)c1cccc(O)c1. The molecule has 0 aliphatic rings. The van der Waals surface area contributed by atoms with E-state index < -0.39 is 22.6 Å². The van der Waals surface area contributed by atoms with Crippen LogP contribution in [0.5, 0.6) is 5.75 Å². The van der Waals surface area contributed by atoms with Gasteiger partial charge >= 0.3 is 6.18 Å². The highest BCUT2D eigenvalue weighted by atomic mass is 32.2. The molecule has 0 fully saturated rings. The number of phenolic OH excluding ortho intramolecular Hbond substituents is 1. The lowest BCUT2D eigenvalue weighted by Gasteiger charge is -2.08. The van der Waals surface area contributed by atoms with Crippen LogP contribution >= 0.6 is 0 Å². The fraction of sp³-hybridized carbons (Fsp3) is 0.455. The third-order valence-electron chi connectivity index (χ3n) is 2.31. The van der Waals surface area contributed by atoms with Crippen molar-refractivity contribution in [1.82, 2.24) is 4.72 Å². The molecule has 0 atom stereocenters. The van der Waals surface area contributed by atoms with Crippen molar-refractivity contribution < 1.29 is 26.7 Å². The van der Waals surface area contributed by atoms with Gasteiger partial charge in [-0.2, -0.15) is 13.2 Å². The van der Waals surface area contributed by atoms with Crippen LogP contribution < -0.4 is 4.72 Å². The Bertz CT molecular complexity index is 514. The molecule has 8 heteroatoms. The molecular formula is C11H14F3NO3S. The lowest BCUT2D eigenvalue weighted by molar-refractivity contribution is -0.135. The summed E-state index contributed by atoms with van der Waals surface area (Å²) < 4.78 is 61.2. The zero-order valence-corrected chi connectivity index (χ0v) is 10.8. The Morgan fingerprint density at radius 3 is 2.47 bits per heavy atom. The van der Waals surface area contributed by atoms with Gasteiger partial charge in [-0.25, -0.2) is 13.1 Å². The second kappa shape index (κ2) is 6.25. The van der Waals surface area contributed by atoms with Gasteiger partial charge in [-0.15, -0.1) is 0 Å². The number of rotatable bonds is 6. The Morgan fingerprint density at radius 1 is 1.21 bits per heavy atom. The largest absolute Gasteiger partial charge is 0.508 e. The molecule has 0 spiro atoms. The van der Waals surface area contributed by atoms with Gasteiger partial charge < -0.3 is 5.11 Å². The highest BCUT2D eigenvalue weighted by Gasteiger charge is 2.25. The summed E-state index contributed by atoms with van der Waals surface area (Å²) in [5, 5.41) is 9.16. The maximum absolute atomic E-state index is 11.9. The quantitative estimate of drug-likeness (QED) is 0.792. The summed E-state index contributed by atoms with van der Waals surface area (Å²) in [6.07, 6.45) is -5.19. The van der Waals surface area contributed by atoms with Crippen LogP contribution in [0.2, 0.25) is 0 Å². The monoisotopic (exact) mass is 297 g/mol. The first-order valence-corrected chi connectivity index (χ1v) is 7.04. The molecule has 0 saturated carbocycles. The predicted octanol–water partition coefficient (Wildman–Crippen LogP) is 2.40. The van der Waals surface area contributed by atoms with Crippen LogP contribution in [0.25, 0.3) is 0 Å². The van der Waals surface area contributed by atoms with Crippen molar-refractivity contribution in [3.8, 4) is 5.75 Å². The second-order valence-electron chi connectivity index (χ2n) is 3.97. The van der Waals surface area contributed by atoms with Crippen LogP contribution in [0.4, 0.5) is 13.2 Å². The number of sulfonamides is 1. The van der Waals surface area contributed by atoms with Crippen LogP contribution in [0.15, 0.2) is 29.2 Å². The summed E-state index contributed by atoms with van der Waals surface area (Å²) in [7, 11) is -3.79. The minimum Gasteiger partial charge on any atom is -0.508 e. The topological polar surface area (TPSA) is 66.4 Å². The lowest BCUT2D eigenvalue weighted by Crippen LogP contribution is -2.25. The van der Waals surface area contributed by atoms with Gasteiger partial charge in [-0.1, -0.05) is 6.07 Å². The van der Waals surface area contributed by atoms with Crippen LogP contribution in [-0.4, -0.2) is 26.2 Å². The van der Waals surface area contributed by atoms with E-state index in [0.717, 1.165) is 6.07 Å². The first-order chi connectivity index (χ1) is 8.71. The van der Waals surface area contributed by atoms with Gasteiger partial charge in [-0.05, 0) is 31.0 Å². The Balaban J connectivity index is 2.44. The van der Waals surface area contributed by atoms with Crippen molar-refractivity contribution in [3.63, 3.8) is 0 Å². The number of nitrogens with one attached hydrogen (secondary N) is 1. The van der Waals surface area contributed by atoms with E-state index >= 15 is 0 Å². The van der Waals surface area contributed by atoms with Crippen LogP contribution in [0.1, 0.15) is 19.3 Å². The van der Waals surface area contributed by atoms with E-state index in [1.807, 2.05) is 0 Å². The Hall–Kier alpha value is -1.28. The van der Waals surface area contributed by atoms with Gasteiger partial charge in [0.05, 0.1) is 4.90 Å². The Morgan fingerprint density at radius 2 is 1.89 bits per heavy atom. The molecule has 0 radical (unpaired) electrons. The first kappa shape index (κ1) is 15.8. The van der Waals surface area contributed by atoms with Gasteiger partial charge in [-0.3, -0.25) is 0 Å². The number of aromatic hydroxyl groups is 1. The molecule has 1 rings (SSSR count). The zero-order chi connectivity index (χ0) is 14.5. The van der Waals surface area contributed by atoms with Crippen LogP contribution in [0, 0.1) is 0 Å². The van der Waals surface area contributed by atoms with Gasteiger partial charge in [0.2, 0.25) is 10.0 Å². The van der Waals surface area contributed by atoms with Gasteiger partial charge in [0, 0.05) is 13.0 Å². The Kier molecular flexibility index (Phi) is 5.19. The first-order valence-electron chi connectivity index (χ1n) is 5.56. The van der Waals surface area contributed by atoms with E-state index in [9.17, 15) is 21.6 Å². The molecule has 1 aromatic rings. The summed E-state index contributed by atoms with van der Waals surface area (Å²) in [6, 6.07) is 5.05. The highest BCUT2D eigenvalue weighted by molar-refractivity contribution is 7.89. The van der Waals surface area contributed by atoms with Crippen molar-refractivity contribution >= 4 is 10.0 Å². The molecule has 19 heavy (non-hydrogen) atoms. The zero-order valence-electron chi connectivity index (χ0n) is 9.94. The predicted molar refractivity (Wildman–Crippen MR) is 63.2 cm³/mol. The molecule has 0 amide bonds. The fourth-order valence-electron chi connectivity index (χ4n) is 1.39. The van der Waals surface area contributed by atoms with Gasteiger partial charge in [0.1, 0.15) is 5.75 Å². The average molecular weight is 297 g/mol. The van der Waals surface area contributed by atoms with E-state index in [-0.39, 0.29) is 30.0 Å². The normalized spacial score (nSPS) is 12.6. The number of unbranched alkanes of at least 4 members (excludes halogenated alkanes) is 1. The molecule has 0 unspecified atom stereocenters. The number of hydrogen-bond donors (Lipinski definition) is 2. The van der Waals surface area contributed by atoms with Crippen molar-refractivity contribution in [2.24, 2.45) is 0 Å². The molecule has 2 N–H and O–H groups in total. The summed E-state index contributed by atoms with van der Waals surface area (Å²) >= 11 is 0. The van der Waals surface area contributed by atoms with Crippen molar-refractivity contribution in [2.75, 3.05) is 6.54 Å². The third kappa shape index (κ3) is 5.93. The number of halogens is 3. The molecule has 4 nitrogen and oxygen atoms in total. The standard InChI is InChI=1S/C11H14F3NO3S/c12-11(13,14)6-1-2-7-15-19(17,18)10-5-3-4-9(16)8-10/h3-5,8,15-16H,1-2,6-7H2. The molecule has 1 aromatic carbocycles. The molecule has 0 aliphatic carbocycles. The van der Waals surface area contributed by atoms with E-state index in [1.54, 1.807) is 0 Å². The highest BCUT2D eigenvalue weighted by Crippen LogP contribution is 2.22. The minimum atomic E-state index is -4.22. The number of hydrogen-bond acceptors (Lipinski definition) is 3. The summed E-state index contributed by atoms with van der Waals surface area (Å²) in [5.74, 6) is -0.194. The molecule has 0 aromatic heterocycles. The van der Waals surface area contributed by atoms with Crippen molar-refractivity contribution in [1.29, 1.82) is 0 Å². The van der Waals surface area contributed by atoms with E-state index in [0.29, 0.717) is 0 Å². The average Bonchev–Trinajstić information content (AvgIpc) is 2.27. The minimum absolute atomic E-state index is 0.0753. The summed E-state index contributed by atoms with van der Waals surface area (Å²) in [6.45, 7) is -0.0753. The maximum Gasteiger partial charge on any atom is 0.389 e. The van der Waals surface area contributed by atoms with Crippen molar-refractivity contribution in [3.05, 3.63) is 24.3 Å². The molecule has 0 saturated heterocycles. The van der Waals surface area contributed by atoms with Crippen LogP contribution in [0.3, 0.4) is 0 Å². The molecule has 108 valence electrons. The smallest absolute Gasteiger partial charge is 0.389 e. The summed E-state index contributed by atoms with van der Waals surface area (Å²) in [4.78, 5) is -0.122. The fourth-order valence-corrected chi connectivity index (χ4v) is 2.50. The van der Waals surface area contributed by atoms with Gasteiger partial charge in [0.25, 0.3) is 0 Å². The summed E-state index contributed by atoms with van der Waals surface area (Å²) in [5.41, 5.74) is 0.